The van der Waals surface area contributed by atoms with Crippen molar-refractivity contribution in [1.29, 1.82) is 0 Å². The zero-order valence-electron chi connectivity index (χ0n) is 52.2. The van der Waals surface area contributed by atoms with Crippen molar-refractivity contribution in [2.24, 2.45) is 23.3 Å². The Hall–Kier alpha value is -7.11. The average Bonchev–Trinajstić information content (AvgIpc) is 2.91. The number of allylic oxidation sites excluding steroid dienone is 1. The van der Waals surface area contributed by atoms with Crippen LogP contribution < -0.4 is 54.0 Å². The highest BCUT2D eigenvalue weighted by Gasteiger charge is 2.44. The molecular formula is C58H98N12O17. The number of nitrogens with zero attached hydrogens (tertiary/aromatic N) is 2. The van der Waals surface area contributed by atoms with Crippen LogP contribution in [0.5, 0.6) is 0 Å². The summed E-state index contributed by atoms with van der Waals surface area (Å²) in [4.78, 5) is 179. The predicted octanol–water partition coefficient (Wildman–Crippen LogP) is -2.28. The Balaban J connectivity index is 2.73. The minimum atomic E-state index is -2.03. The van der Waals surface area contributed by atoms with Crippen LogP contribution >= 0.6 is 0 Å². The van der Waals surface area contributed by atoms with E-state index in [9.17, 15) is 77.6 Å². The van der Waals surface area contributed by atoms with Gasteiger partial charge in [-0.1, -0.05) is 78.7 Å². The van der Waals surface area contributed by atoms with Crippen LogP contribution in [0.1, 0.15) is 165 Å². The maximum Gasteiger partial charge on any atom is 0.268 e. The van der Waals surface area contributed by atoms with E-state index >= 15 is 0 Å². The number of carbonyl (C=O) groups excluding carboxylic acids is 13. The summed E-state index contributed by atoms with van der Waals surface area (Å²) in [5.74, 6) is -13.5. The summed E-state index contributed by atoms with van der Waals surface area (Å²) in [6.45, 7) is 10.8. The highest BCUT2D eigenvalue weighted by Crippen LogP contribution is 2.25. The fraction of sp³-hybridized carbons (Fsp3) is 0.741. The molecule has 0 spiro atoms. The average molecular weight is 1240 g/mol. The minimum Gasteiger partial charge on any atom is -0.391 e. The van der Waals surface area contributed by atoms with E-state index in [4.69, 9.17) is 16.2 Å². The second kappa shape index (κ2) is 38.2. The van der Waals surface area contributed by atoms with E-state index in [1.165, 1.54) is 21.0 Å². The number of Topliss-reactive ketones (excluding diaryl/α,β-unsaturated/α-hetero) is 1. The third kappa shape index (κ3) is 24.9. The number of methoxy groups -OCH3 is 1. The third-order valence-corrected chi connectivity index (χ3v) is 15.6. The lowest BCUT2D eigenvalue weighted by Gasteiger charge is -2.36. The van der Waals surface area contributed by atoms with Crippen LogP contribution in [0.2, 0.25) is 0 Å². The first-order chi connectivity index (χ1) is 40.9. The summed E-state index contributed by atoms with van der Waals surface area (Å²) in [6, 6.07) is -12.9. The number of carbonyl (C=O) groups is 13. The Morgan fingerprint density at radius 1 is 0.667 bits per heavy atom. The molecule has 0 bridgehead atoms. The topological polar surface area (TPSA) is 447 Å². The van der Waals surface area contributed by atoms with Gasteiger partial charge in [0.05, 0.1) is 37.3 Å². The summed E-state index contributed by atoms with van der Waals surface area (Å²) in [6.07, 6.45) is 2.45. The van der Waals surface area contributed by atoms with Gasteiger partial charge in [0.15, 0.2) is 6.10 Å². The van der Waals surface area contributed by atoms with Gasteiger partial charge in [-0.05, 0) is 78.1 Å². The first-order valence-corrected chi connectivity index (χ1v) is 30.2. The summed E-state index contributed by atoms with van der Waals surface area (Å²) in [7, 11) is 2.37. The Bertz CT molecular complexity index is 2420. The lowest BCUT2D eigenvalue weighted by atomic mass is 9.90. The van der Waals surface area contributed by atoms with Gasteiger partial charge < -0.3 is 83.9 Å². The number of aliphatic hydroxyl groups excluding tert-OH is 3. The van der Waals surface area contributed by atoms with Crippen LogP contribution in [-0.4, -0.2) is 202 Å². The van der Waals surface area contributed by atoms with E-state index < -0.39 is 187 Å². The van der Waals surface area contributed by atoms with Gasteiger partial charge >= 0.3 is 0 Å². The molecule has 0 aromatic heterocycles. The van der Waals surface area contributed by atoms with Crippen molar-refractivity contribution in [2.45, 2.75) is 237 Å². The molecule has 15 N–H and O–H groups in total. The van der Waals surface area contributed by atoms with Crippen LogP contribution in [0, 0.1) is 11.8 Å². The quantitative estimate of drug-likeness (QED) is 0.0358. The molecule has 2 aliphatic heterocycles. The normalized spacial score (nSPS) is 26.1. The lowest BCUT2D eigenvalue weighted by Crippen LogP contribution is -2.62. The number of primary amides is 2. The first kappa shape index (κ1) is 76.0. The maximum absolute atomic E-state index is 14.7. The third-order valence-electron chi connectivity index (χ3n) is 15.6. The van der Waals surface area contributed by atoms with Crippen molar-refractivity contribution in [3.8, 4) is 0 Å². The molecule has 87 heavy (non-hydrogen) atoms. The molecule has 12 amide bonds. The van der Waals surface area contributed by atoms with Gasteiger partial charge in [-0.25, -0.2) is 0 Å². The van der Waals surface area contributed by atoms with Crippen molar-refractivity contribution < 1.29 is 82.4 Å². The van der Waals surface area contributed by atoms with Crippen LogP contribution in [-0.2, 0) is 67.1 Å². The molecule has 13 atom stereocenters. The molecule has 0 radical (unpaired) electrons. The fourth-order valence-corrected chi connectivity index (χ4v) is 10.2. The number of rotatable bonds is 24. The predicted molar refractivity (Wildman–Crippen MR) is 316 cm³/mol. The van der Waals surface area contributed by atoms with Gasteiger partial charge in [-0.15, -0.1) is 0 Å². The molecule has 0 aliphatic carbocycles. The Morgan fingerprint density at radius 3 is 1.79 bits per heavy atom. The minimum absolute atomic E-state index is 0.0484. The van der Waals surface area contributed by atoms with E-state index in [-0.39, 0.29) is 25.2 Å². The van der Waals surface area contributed by atoms with E-state index in [2.05, 4.69) is 42.5 Å². The molecule has 0 saturated carbocycles. The Kier molecular flexibility index (Phi) is 33.4. The number of amides is 12. The molecule has 29 nitrogen and oxygen atoms in total. The number of likely N-dealkylation sites (N-methyl/N-ethyl adjacent to an activating group) is 1. The van der Waals surface area contributed by atoms with Gasteiger partial charge in [0.2, 0.25) is 59.1 Å². The highest BCUT2D eigenvalue weighted by molar-refractivity contribution is 6.03. The van der Waals surface area contributed by atoms with Crippen molar-refractivity contribution >= 4 is 76.7 Å². The SMILES string of the molecule is CC=C1NC(=O)[C@H](C(C)C)NC(=O)[C@H](O)[C@@H]([C@@H](C)CCCCCCCCCCC(=O)CCC)NC(=O)[C@@H]2CCCN2C(=O)[C@H](CC(N)=O)N(C)C(=O)[C@H]([C@@H](C)OC)NC(=O)CNC(=O)[C@H](CCC(N)=O)NC(=O)[C@H]([C@@H](C)O)NC(=O)[C@H]([C@@H](C)O)NC1=O. The van der Waals surface area contributed by atoms with Gasteiger partial charge in [0, 0.05) is 40.0 Å². The monoisotopic (exact) mass is 1230 g/mol. The number of hydrogen-bond donors (Lipinski definition) is 13. The van der Waals surface area contributed by atoms with E-state index in [1.54, 1.807) is 20.8 Å². The molecule has 0 aromatic carbocycles. The Labute approximate surface area is 509 Å². The molecule has 29 heteroatoms. The van der Waals surface area contributed by atoms with Crippen LogP contribution in [0.3, 0.4) is 0 Å². The number of ether oxygens (including phenoxy) is 1. The second-order valence-electron chi connectivity index (χ2n) is 23.0. The van der Waals surface area contributed by atoms with Crippen LogP contribution in [0.25, 0.3) is 0 Å². The summed E-state index contributed by atoms with van der Waals surface area (Å²) in [5.41, 5.74) is 10.5. The summed E-state index contributed by atoms with van der Waals surface area (Å²) in [5, 5.41) is 52.7. The number of nitrogens with two attached hydrogens (primary N) is 2. The first-order valence-electron chi connectivity index (χ1n) is 30.2. The standard InChI is InChI=1S/C58H98N12O17/c1-11-22-36(73)24-20-18-16-14-13-15-17-19-23-32(5)45-49(77)56(84)65-44(31(3)4)53(81)62-37(12-2)51(79)67-47(34(7)72)55(83)68-46(33(6)71)54(82)63-38(26-27-41(59)74)50(78)61-30-43(76)64-48(35(8)87-10)58(86)69(9)40(29-42(60)75)57(85)70-28-21-25-39(70)52(80)66-45/h12,31-35,38-40,44-49,71-72,77H,11,13-30H2,1-10H3,(H2,59,74)(H2,60,75)(H,61,78)(H,62,81)(H,63,82)(H,64,76)(H,65,84)(H,66,80)(H,67,79)(H,68,83)/t32-,33+,34+,35+,38-,39-,40-,44-,45+,46-,47-,48-,49+/m0/s1. The maximum atomic E-state index is 14.7. The van der Waals surface area contributed by atoms with Crippen molar-refractivity contribution in [3.63, 3.8) is 0 Å². The van der Waals surface area contributed by atoms with Crippen molar-refractivity contribution in [2.75, 3.05) is 27.2 Å². The zero-order valence-corrected chi connectivity index (χ0v) is 52.2. The van der Waals surface area contributed by atoms with Crippen molar-refractivity contribution in [3.05, 3.63) is 11.8 Å². The van der Waals surface area contributed by atoms with E-state index in [0.29, 0.717) is 25.7 Å². The van der Waals surface area contributed by atoms with Gasteiger partial charge in [-0.3, -0.25) is 62.3 Å². The number of ketones is 1. The Morgan fingerprint density at radius 2 is 1.24 bits per heavy atom. The molecule has 492 valence electrons. The van der Waals surface area contributed by atoms with Gasteiger partial charge in [0.25, 0.3) is 11.8 Å². The number of nitrogens with one attached hydrogen (secondary N) is 8. The highest BCUT2D eigenvalue weighted by atomic mass is 16.5. The molecule has 2 aliphatic rings. The number of aliphatic hydroxyl groups is 3. The molecule has 2 saturated heterocycles. The fourth-order valence-electron chi connectivity index (χ4n) is 10.2. The largest absolute Gasteiger partial charge is 0.391 e. The summed E-state index contributed by atoms with van der Waals surface area (Å²) >= 11 is 0. The van der Waals surface area contributed by atoms with E-state index in [1.807, 2.05) is 6.92 Å². The van der Waals surface area contributed by atoms with Crippen molar-refractivity contribution in [1.82, 2.24) is 52.3 Å². The second-order valence-corrected chi connectivity index (χ2v) is 23.0. The van der Waals surface area contributed by atoms with Crippen LogP contribution in [0.15, 0.2) is 11.8 Å². The van der Waals surface area contributed by atoms with Gasteiger partial charge in [-0.2, -0.15) is 0 Å². The molecule has 2 rings (SSSR count). The number of fused-ring (bicyclic) bond motifs is 1. The van der Waals surface area contributed by atoms with Crippen LogP contribution in [0.4, 0.5) is 0 Å². The number of hydrogen-bond acceptors (Lipinski definition) is 17. The van der Waals surface area contributed by atoms with Gasteiger partial charge in [0.1, 0.15) is 53.8 Å². The molecule has 2 fully saturated rings. The molecule has 0 aromatic rings. The molecule has 2 heterocycles. The molecular weight excluding hydrogens is 1140 g/mol. The zero-order chi connectivity index (χ0) is 65.8. The summed E-state index contributed by atoms with van der Waals surface area (Å²) < 4.78 is 5.41. The lowest BCUT2D eigenvalue weighted by molar-refractivity contribution is -0.151. The van der Waals surface area contributed by atoms with E-state index in [0.717, 1.165) is 88.1 Å². The molecule has 0 unspecified atom stereocenters. The smallest absolute Gasteiger partial charge is 0.268 e. The number of unbranched alkanes of at least 4 members (excludes halogenated alkanes) is 7.